The number of amides is 1. The van der Waals surface area contributed by atoms with Crippen LogP contribution in [0.15, 0.2) is 48.5 Å². The number of aromatic amines is 1. The number of rotatable bonds is 3. The molecule has 2 aromatic carbocycles. The van der Waals surface area contributed by atoms with Gasteiger partial charge in [-0.2, -0.15) is 5.10 Å². The van der Waals surface area contributed by atoms with Gasteiger partial charge < -0.3 is 5.32 Å². The van der Waals surface area contributed by atoms with E-state index in [-0.39, 0.29) is 11.6 Å². The summed E-state index contributed by atoms with van der Waals surface area (Å²) in [5, 5.41) is 21.2. The Kier molecular flexibility index (Phi) is 3.35. The number of hydrogen-bond donors (Lipinski definition) is 2. The summed E-state index contributed by atoms with van der Waals surface area (Å²) in [6.07, 6.45) is 0. The van der Waals surface area contributed by atoms with E-state index in [4.69, 9.17) is 0 Å². The molecule has 3 aromatic rings. The van der Waals surface area contributed by atoms with Crippen molar-refractivity contribution in [2.24, 2.45) is 0 Å². The molecular formula is C18H14N4O3. The Labute approximate surface area is 142 Å². The van der Waals surface area contributed by atoms with Crippen LogP contribution in [0.4, 0.5) is 5.69 Å². The van der Waals surface area contributed by atoms with Crippen molar-refractivity contribution in [1.29, 1.82) is 0 Å². The predicted octanol–water partition coefficient (Wildman–Crippen LogP) is 3.13. The second-order valence-electron chi connectivity index (χ2n) is 5.95. The third-order valence-electron chi connectivity index (χ3n) is 4.36. The van der Waals surface area contributed by atoms with E-state index >= 15 is 0 Å². The van der Waals surface area contributed by atoms with Crippen molar-refractivity contribution < 1.29 is 9.72 Å². The minimum Gasteiger partial charge on any atom is -0.339 e. The molecule has 1 aliphatic heterocycles. The fourth-order valence-electron chi connectivity index (χ4n) is 3.14. The Hall–Kier alpha value is -3.48. The molecule has 4 rings (SSSR count). The number of nitro benzene ring substituents is 1. The highest BCUT2D eigenvalue weighted by Crippen LogP contribution is 2.39. The SMILES string of the molecule is Cc1ccc(-c2n[nH]c3c2[C@@H](c2ccccc2[N+](=O)[O-])NC3=O)cc1. The molecule has 0 radical (unpaired) electrons. The van der Waals surface area contributed by atoms with Gasteiger partial charge >= 0.3 is 0 Å². The number of benzene rings is 2. The Balaban J connectivity index is 1.89. The number of hydrogen-bond acceptors (Lipinski definition) is 4. The molecule has 1 aliphatic rings. The number of aromatic nitrogens is 2. The van der Waals surface area contributed by atoms with Gasteiger partial charge in [-0.25, -0.2) is 0 Å². The molecule has 0 spiro atoms. The van der Waals surface area contributed by atoms with Crippen LogP contribution in [0.2, 0.25) is 0 Å². The topological polar surface area (TPSA) is 101 Å². The van der Waals surface area contributed by atoms with Crippen molar-refractivity contribution in [2.45, 2.75) is 13.0 Å². The number of carbonyl (C=O) groups excluding carboxylic acids is 1. The maximum Gasteiger partial charge on any atom is 0.275 e. The smallest absolute Gasteiger partial charge is 0.275 e. The highest BCUT2D eigenvalue weighted by molar-refractivity contribution is 6.00. The van der Waals surface area contributed by atoms with E-state index in [0.29, 0.717) is 22.5 Å². The fourth-order valence-corrected chi connectivity index (χ4v) is 3.14. The van der Waals surface area contributed by atoms with E-state index in [1.54, 1.807) is 18.2 Å². The lowest BCUT2D eigenvalue weighted by Crippen LogP contribution is -2.21. The molecule has 1 amide bonds. The molecule has 0 saturated carbocycles. The summed E-state index contributed by atoms with van der Waals surface area (Å²) < 4.78 is 0. The van der Waals surface area contributed by atoms with Crippen LogP contribution in [0.25, 0.3) is 11.3 Å². The number of carbonyl (C=O) groups is 1. The van der Waals surface area contributed by atoms with Gasteiger partial charge in [0.05, 0.1) is 22.2 Å². The van der Waals surface area contributed by atoms with Crippen LogP contribution in [-0.4, -0.2) is 21.0 Å². The van der Waals surface area contributed by atoms with Crippen LogP contribution in [0.1, 0.15) is 33.2 Å². The zero-order valence-electron chi connectivity index (χ0n) is 13.3. The van der Waals surface area contributed by atoms with Gasteiger partial charge in [-0.15, -0.1) is 0 Å². The van der Waals surface area contributed by atoms with Gasteiger partial charge in [0, 0.05) is 17.2 Å². The minimum atomic E-state index is -0.612. The monoisotopic (exact) mass is 334 g/mol. The summed E-state index contributed by atoms with van der Waals surface area (Å²) in [5.41, 5.74) is 3.98. The lowest BCUT2D eigenvalue weighted by Gasteiger charge is -2.13. The van der Waals surface area contributed by atoms with Gasteiger partial charge in [0.25, 0.3) is 11.6 Å². The van der Waals surface area contributed by atoms with Crippen LogP contribution < -0.4 is 5.32 Å². The van der Waals surface area contributed by atoms with E-state index in [2.05, 4.69) is 15.5 Å². The molecule has 2 heterocycles. The molecule has 2 N–H and O–H groups in total. The number of nitro groups is 1. The van der Waals surface area contributed by atoms with Crippen LogP contribution in [0.3, 0.4) is 0 Å². The number of H-pyrrole nitrogens is 1. The molecule has 0 bridgehead atoms. The standard InChI is InChI=1S/C18H14N4O3/c1-10-6-8-11(9-7-10)15-14-16(19-18(23)17(14)21-20-15)12-4-2-3-5-13(12)22(24)25/h2-9,16H,1H3,(H,19,23)(H,20,21)/t16-/m1/s1. The number of para-hydroxylation sites is 1. The largest absolute Gasteiger partial charge is 0.339 e. The number of fused-ring (bicyclic) bond motifs is 1. The van der Waals surface area contributed by atoms with Crippen LogP contribution in [0.5, 0.6) is 0 Å². The summed E-state index contributed by atoms with van der Waals surface area (Å²) in [4.78, 5) is 23.2. The lowest BCUT2D eigenvalue weighted by atomic mass is 9.95. The molecule has 1 atom stereocenters. The number of aryl methyl sites for hydroxylation is 1. The van der Waals surface area contributed by atoms with E-state index in [1.807, 2.05) is 31.2 Å². The normalized spacial score (nSPS) is 15.7. The van der Waals surface area contributed by atoms with Crippen molar-refractivity contribution in [2.75, 3.05) is 0 Å². The average molecular weight is 334 g/mol. The summed E-state index contributed by atoms with van der Waals surface area (Å²) in [6, 6.07) is 13.6. The molecule has 0 fully saturated rings. The quantitative estimate of drug-likeness (QED) is 0.567. The van der Waals surface area contributed by atoms with Crippen LogP contribution >= 0.6 is 0 Å². The first-order chi connectivity index (χ1) is 12.1. The Morgan fingerprint density at radius 1 is 1.12 bits per heavy atom. The number of nitrogens with zero attached hydrogens (tertiary/aromatic N) is 2. The summed E-state index contributed by atoms with van der Waals surface area (Å²) >= 11 is 0. The van der Waals surface area contributed by atoms with Crippen molar-refractivity contribution in [3.8, 4) is 11.3 Å². The molecular weight excluding hydrogens is 320 g/mol. The maximum absolute atomic E-state index is 12.3. The Bertz CT molecular complexity index is 992. The predicted molar refractivity (Wildman–Crippen MR) is 91.2 cm³/mol. The van der Waals surface area contributed by atoms with Crippen molar-refractivity contribution in [3.63, 3.8) is 0 Å². The summed E-state index contributed by atoms with van der Waals surface area (Å²) in [7, 11) is 0. The third kappa shape index (κ3) is 2.37. The first kappa shape index (κ1) is 15.1. The van der Waals surface area contributed by atoms with E-state index in [9.17, 15) is 14.9 Å². The molecule has 7 nitrogen and oxygen atoms in total. The summed E-state index contributed by atoms with van der Waals surface area (Å²) in [6.45, 7) is 1.99. The zero-order chi connectivity index (χ0) is 17.6. The van der Waals surface area contributed by atoms with E-state index < -0.39 is 11.0 Å². The highest BCUT2D eigenvalue weighted by Gasteiger charge is 2.38. The van der Waals surface area contributed by atoms with Gasteiger partial charge in [-0.05, 0) is 13.0 Å². The fraction of sp³-hybridized carbons (Fsp3) is 0.111. The zero-order valence-corrected chi connectivity index (χ0v) is 13.3. The number of nitrogens with one attached hydrogen (secondary N) is 2. The van der Waals surface area contributed by atoms with Gasteiger partial charge in [-0.1, -0.05) is 42.0 Å². The molecule has 7 heteroatoms. The van der Waals surface area contributed by atoms with Crippen LogP contribution in [0, 0.1) is 17.0 Å². The van der Waals surface area contributed by atoms with Gasteiger partial charge in [-0.3, -0.25) is 20.0 Å². The Morgan fingerprint density at radius 3 is 2.56 bits per heavy atom. The molecule has 0 unspecified atom stereocenters. The maximum atomic E-state index is 12.3. The van der Waals surface area contributed by atoms with Crippen molar-refractivity contribution in [1.82, 2.24) is 15.5 Å². The van der Waals surface area contributed by atoms with Crippen molar-refractivity contribution in [3.05, 3.63) is 81.0 Å². The van der Waals surface area contributed by atoms with Gasteiger partial charge in [0.1, 0.15) is 5.69 Å². The highest BCUT2D eigenvalue weighted by atomic mass is 16.6. The molecule has 0 saturated heterocycles. The van der Waals surface area contributed by atoms with E-state index in [1.165, 1.54) is 6.07 Å². The first-order valence-corrected chi connectivity index (χ1v) is 7.75. The molecule has 25 heavy (non-hydrogen) atoms. The second-order valence-corrected chi connectivity index (χ2v) is 5.95. The molecule has 124 valence electrons. The van der Waals surface area contributed by atoms with Crippen molar-refractivity contribution >= 4 is 11.6 Å². The lowest BCUT2D eigenvalue weighted by molar-refractivity contribution is -0.385. The molecule has 0 aliphatic carbocycles. The van der Waals surface area contributed by atoms with Gasteiger partial charge in [0.2, 0.25) is 0 Å². The second kappa shape index (κ2) is 5.55. The van der Waals surface area contributed by atoms with Crippen LogP contribution in [-0.2, 0) is 0 Å². The molecule has 1 aromatic heterocycles. The first-order valence-electron chi connectivity index (χ1n) is 7.75. The van der Waals surface area contributed by atoms with E-state index in [0.717, 1.165) is 11.1 Å². The third-order valence-corrected chi connectivity index (χ3v) is 4.36. The van der Waals surface area contributed by atoms with Gasteiger partial charge in [0.15, 0.2) is 0 Å². The average Bonchev–Trinajstić information content (AvgIpc) is 3.17. The minimum absolute atomic E-state index is 0.0308. The summed E-state index contributed by atoms with van der Waals surface area (Å²) in [5.74, 6) is -0.316. The Morgan fingerprint density at radius 2 is 1.84 bits per heavy atom.